The number of rotatable bonds is 12. The number of guanidine groups is 1. The van der Waals surface area contributed by atoms with E-state index in [1.54, 1.807) is 0 Å². The second kappa shape index (κ2) is 12.3. The second-order valence-electron chi connectivity index (χ2n) is 5.84. The highest BCUT2D eigenvalue weighted by Crippen LogP contribution is 2.39. The van der Waals surface area contributed by atoms with Gasteiger partial charge < -0.3 is 21.9 Å². The van der Waals surface area contributed by atoms with Gasteiger partial charge in [0.05, 0.1) is 0 Å². The van der Waals surface area contributed by atoms with Gasteiger partial charge >= 0.3 is 5.97 Å². The molecule has 0 radical (unpaired) electrons. The predicted molar refractivity (Wildman–Crippen MR) is 101 cm³/mol. The first-order valence-corrected chi connectivity index (χ1v) is 10.7. The van der Waals surface area contributed by atoms with Crippen molar-refractivity contribution in [1.82, 2.24) is 5.32 Å². The monoisotopic (exact) mass is 376 g/mol. The lowest BCUT2D eigenvalue weighted by Crippen LogP contribution is -2.40. The van der Waals surface area contributed by atoms with Crippen LogP contribution in [0.4, 0.5) is 0 Å². The molecule has 1 fully saturated rings. The zero-order valence-corrected chi connectivity index (χ0v) is 15.5. The Morgan fingerprint density at radius 1 is 1.25 bits per heavy atom. The van der Waals surface area contributed by atoms with Gasteiger partial charge in [-0.15, -0.1) is 0 Å². The van der Waals surface area contributed by atoms with Crippen LogP contribution in [0.3, 0.4) is 0 Å². The van der Waals surface area contributed by atoms with E-state index in [0.717, 1.165) is 24.5 Å². The third-order valence-corrected chi connectivity index (χ3v) is 6.74. The number of nitrogens with one attached hydrogen (secondary N) is 1. The minimum Gasteiger partial charge on any atom is -0.480 e. The summed E-state index contributed by atoms with van der Waals surface area (Å²) in [6, 6.07) is -0.835. The average molecular weight is 377 g/mol. The van der Waals surface area contributed by atoms with Crippen molar-refractivity contribution in [2.75, 3.05) is 12.3 Å². The summed E-state index contributed by atoms with van der Waals surface area (Å²) in [5.41, 5.74) is 10.4. The molecule has 0 aliphatic carbocycles. The van der Waals surface area contributed by atoms with E-state index in [1.807, 2.05) is 21.6 Å². The molecule has 6 N–H and O–H groups in total. The zero-order valence-electron chi connectivity index (χ0n) is 13.9. The first-order chi connectivity index (χ1) is 11.5. The number of aliphatic carboxylic acids is 1. The molecule has 0 aromatic carbocycles. The van der Waals surface area contributed by atoms with E-state index >= 15 is 0 Å². The molecule has 1 saturated heterocycles. The molecule has 0 bridgehead atoms. The molecule has 1 heterocycles. The highest BCUT2D eigenvalue weighted by atomic mass is 33.1. The summed E-state index contributed by atoms with van der Waals surface area (Å²) in [5.74, 6) is 0.0802. The summed E-state index contributed by atoms with van der Waals surface area (Å²) >= 11 is 0. The van der Waals surface area contributed by atoms with Gasteiger partial charge in [-0.25, -0.2) is 4.79 Å². The molecular formula is C15H28N4O3S2. The Balaban J connectivity index is 2.14. The van der Waals surface area contributed by atoms with Crippen molar-refractivity contribution in [2.45, 2.75) is 62.7 Å². The van der Waals surface area contributed by atoms with E-state index in [2.05, 4.69) is 10.3 Å². The van der Waals surface area contributed by atoms with Gasteiger partial charge in [0.15, 0.2) is 5.96 Å². The molecule has 1 rings (SSSR count). The van der Waals surface area contributed by atoms with Crippen LogP contribution in [0.2, 0.25) is 0 Å². The number of carboxylic acids is 1. The first kappa shape index (κ1) is 21.0. The van der Waals surface area contributed by atoms with Crippen LogP contribution in [0, 0.1) is 0 Å². The molecule has 0 aromatic heterocycles. The van der Waals surface area contributed by atoms with E-state index in [0.29, 0.717) is 32.2 Å². The van der Waals surface area contributed by atoms with E-state index in [4.69, 9.17) is 11.5 Å². The molecule has 7 nitrogen and oxygen atoms in total. The molecule has 2 atom stereocenters. The average Bonchev–Trinajstić information content (AvgIpc) is 3.03. The Hall–Kier alpha value is -1.09. The van der Waals surface area contributed by atoms with Crippen LogP contribution in [0.1, 0.15) is 51.4 Å². The van der Waals surface area contributed by atoms with Crippen molar-refractivity contribution < 1.29 is 14.7 Å². The van der Waals surface area contributed by atoms with E-state index in [-0.39, 0.29) is 11.9 Å². The quantitative estimate of drug-likeness (QED) is 0.176. The van der Waals surface area contributed by atoms with Crippen LogP contribution in [-0.2, 0) is 9.59 Å². The Morgan fingerprint density at radius 2 is 2.04 bits per heavy atom. The van der Waals surface area contributed by atoms with Crippen molar-refractivity contribution in [2.24, 2.45) is 16.5 Å². The van der Waals surface area contributed by atoms with Gasteiger partial charge in [0.25, 0.3) is 0 Å². The fourth-order valence-electron chi connectivity index (χ4n) is 2.41. The highest BCUT2D eigenvalue weighted by Gasteiger charge is 2.19. The number of carboxylic acid groups (broad SMARTS) is 1. The Kier molecular flexibility index (Phi) is 10.7. The summed E-state index contributed by atoms with van der Waals surface area (Å²) in [4.78, 5) is 27.0. The molecule has 9 heteroatoms. The number of hydrogen-bond donors (Lipinski definition) is 4. The maximum Gasteiger partial charge on any atom is 0.326 e. The number of nitrogens with two attached hydrogens (primary N) is 2. The predicted octanol–water partition coefficient (Wildman–Crippen LogP) is 1.71. The summed E-state index contributed by atoms with van der Waals surface area (Å²) in [5, 5.41) is 12.5. The third kappa shape index (κ3) is 9.92. The Bertz CT molecular complexity index is 425. The number of carbonyl (C=O) groups is 2. The zero-order chi connectivity index (χ0) is 17.8. The summed E-state index contributed by atoms with van der Waals surface area (Å²) in [7, 11) is 3.86. The molecule has 1 amide bonds. The summed E-state index contributed by atoms with van der Waals surface area (Å²) in [6.07, 6.45) is 6.32. The summed E-state index contributed by atoms with van der Waals surface area (Å²) < 4.78 is 0. The minimum absolute atomic E-state index is 0.0349. The van der Waals surface area contributed by atoms with Crippen molar-refractivity contribution >= 4 is 39.4 Å². The molecule has 0 saturated carbocycles. The maximum atomic E-state index is 11.9. The van der Waals surface area contributed by atoms with Crippen molar-refractivity contribution in [3.05, 3.63) is 0 Å². The number of unbranched alkanes of at least 4 members (excludes halogenated alkanes) is 2. The third-order valence-electron chi connectivity index (χ3n) is 3.74. The van der Waals surface area contributed by atoms with Crippen LogP contribution in [0.25, 0.3) is 0 Å². The maximum absolute atomic E-state index is 11.9. The van der Waals surface area contributed by atoms with E-state index in [9.17, 15) is 14.7 Å². The van der Waals surface area contributed by atoms with Crippen LogP contribution in [0.15, 0.2) is 4.99 Å². The molecule has 24 heavy (non-hydrogen) atoms. The number of hydrogen-bond acceptors (Lipinski definition) is 5. The smallest absolute Gasteiger partial charge is 0.326 e. The van der Waals surface area contributed by atoms with Gasteiger partial charge in [-0.2, -0.15) is 0 Å². The normalized spacial score (nSPS) is 18.1. The standard InChI is InChI=1S/C15H28N4O3S2/c16-15(17)18-9-4-3-6-12(14(21)22)19-13(20)7-2-1-5-11-8-10-23-24-11/h11-12H,1-10H2,(H,19,20)(H,21,22)(H4,16,17,18)/t11-,12+/m1/s1. The van der Waals surface area contributed by atoms with Crippen LogP contribution in [-0.4, -0.2) is 46.5 Å². The Labute approximate surface area is 151 Å². The molecular weight excluding hydrogens is 348 g/mol. The lowest BCUT2D eigenvalue weighted by Gasteiger charge is -2.14. The van der Waals surface area contributed by atoms with Crippen molar-refractivity contribution in [3.8, 4) is 0 Å². The van der Waals surface area contributed by atoms with Gasteiger partial charge in [-0.05, 0) is 38.5 Å². The number of aliphatic imine (C=N–C) groups is 1. The van der Waals surface area contributed by atoms with Gasteiger partial charge in [-0.1, -0.05) is 28.0 Å². The lowest BCUT2D eigenvalue weighted by molar-refractivity contribution is -0.142. The fourth-order valence-corrected chi connectivity index (χ4v) is 5.44. The SMILES string of the molecule is NC(N)=NCCCC[C@H](NC(=O)CCCC[C@@H]1CCSS1)C(=O)O. The minimum atomic E-state index is -0.996. The van der Waals surface area contributed by atoms with Gasteiger partial charge in [0.2, 0.25) is 5.91 Å². The van der Waals surface area contributed by atoms with Gasteiger partial charge in [0.1, 0.15) is 6.04 Å². The van der Waals surface area contributed by atoms with Crippen LogP contribution >= 0.6 is 21.6 Å². The summed E-state index contributed by atoms with van der Waals surface area (Å²) in [6.45, 7) is 0.472. The number of nitrogens with zero attached hydrogens (tertiary/aromatic N) is 1. The number of carbonyl (C=O) groups excluding carboxylic acids is 1. The largest absolute Gasteiger partial charge is 0.480 e. The Morgan fingerprint density at radius 3 is 2.67 bits per heavy atom. The molecule has 0 aromatic rings. The topological polar surface area (TPSA) is 131 Å². The van der Waals surface area contributed by atoms with Gasteiger partial charge in [-0.3, -0.25) is 9.79 Å². The molecule has 0 spiro atoms. The van der Waals surface area contributed by atoms with E-state index < -0.39 is 12.0 Å². The molecule has 1 aliphatic rings. The highest BCUT2D eigenvalue weighted by molar-refractivity contribution is 8.77. The molecule has 1 aliphatic heterocycles. The lowest BCUT2D eigenvalue weighted by atomic mass is 10.1. The van der Waals surface area contributed by atoms with Crippen molar-refractivity contribution in [1.29, 1.82) is 0 Å². The number of amides is 1. The van der Waals surface area contributed by atoms with Crippen molar-refractivity contribution in [3.63, 3.8) is 0 Å². The van der Waals surface area contributed by atoms with Crippen LogP contribution in [0.5, 0.6) is 0 Å². The molecule has 138 valence electrons. The second-order valence-corrected chi connectivity index (χ2v) is 8.62. The first-order valence-electron chi connectivity index (χ1n) is 8.35. The molecule has 0 unspecified atom stereocenters. The fraction of sp³-hybridized carbons (Fsp3) is 0.800. The van der Waals surface area contributed by atoms with Gasteiger partial charge in [0, 0.05) is 24.0 Å². The van der Waals surface area contributed by atoms with Crippen LogP contribution < -0.4 is 16.8 Å². The van der Waals surface area contributed by atoms with E-state index in [1.165, 1.54) is 12.2 Å².